The molecule has 0 bridgehead atoms. The standard InChI is InChI=1S/C18H28N2O/c1-2-6-17(14-19)18(21)20-11-9-16(10-12-20)13-15-7-4-3-5-8-15/h3-5,7-8,16-17H,2,6,9-14,19H2,1H3. The van der Waals surface area contributed by atoms with Crippen LogP contribution in [0.5, 0.6) is 0 Å². The lowest BCUT2D eigenvalue weighted by atomic mass is 9.89. The zero-order valence-corrected chi connectivity index (χ0v) is 13.1. The molecule has 1 aromatic rings. The van der Waals surface area contributed by atoms with Crippen LogP contribution in [0.2, 0.25) is 0 Å². The van der Waals surface area contributed by atoms with Gasteiger partial charge in [0.15, 0.2) is 0 Å². The van der Waals surface area contributed by atoms with Crippen molar-refractivity contribution in [3.63, 3.8) is 0 Å². The highest BCUT2D eigenvalue weighted by Crippen LogP contribution is 2.23. The number of amides is 1. The summed E-state index contributed by atoms with van der Waals surface area (Å²) in [6, 6.07) is 10.7. The second kappa shape index (κ2) is 8.18. The van der Waals surface area contributed by atoms with Gasteiger partial charge in [-0.1, -0.05) is 43.7 Å². The third kappa shape index (κ3) is 4.57. The van der Waals surface area contributed by atoms with E-state index in [4.69, 9.17) is 5.73 Å². The average Bonchev–Trinajstić information content (AvgIpc) is 2.54. The molecule has 0 aromatic heterocycles. The van der Waals surface area contributed by atoms with Crippen molar-refractivity contribution in [1.82, 2.24) is 4.90 Å². The van der Waals surface area contributed by atoms with E-state index in [0.717, 1.165) is 45.2 Å². The first-order chi connectivity index (χ1) is 10.2. The van der Waals surface area contributed by atoms with Crippen molar-refractivity contribution in [2.24, 2.45) is 17.6 Å². The van der Waals surface area contributed by atoms with Gasteiger partial charge >= 0.3 is 0 Å². The Balaban J connectivity index is 1.81. The molecule has 3 heteroatoms. The maximum atomic E-state index is 12.4. The molecule has 3 nitrogen and oxygen atoms in total. The summed E-state index contributed by atoms with van der Waals surface area (Å²) in [5.74, 6) is 1.01. The Hall–Kier alpha value is -1.35. The highest BCUT2D eigenvalue weighted by molar-refractivity contribution is 5.79. The van der Waals surface area contributed by atoms with Crippen molar-refractivity contribution in [3.05, 3.63) is 35.9 Å². The van der Waals surface area contributed by atoms with E-state index in [1.165, 1.54) is 5.56 Å². The molecule has 1 aromatic carbocycles. The van der Waals surface area contributed by atoms with Gasteiger partial charge in [-0.25, -0.2) is 0 Å². The lowest BCUT2D eigenvalue weighted by Crippen LogP contribution is -2.43. The van der Waals surface area contributed by atoms with Gasteiger partial charge in [-0.15, -0.1) is 0 Å². The first-order valence-corrected chi connectivity index (χ1v) is 8.27. The van der Waals surface area contributed by atoms with E-state index in [9.17, 15) is 4.79 Å². The topological polar surface area (TPSA) is 46.3 Å². The van der Waals surface area contributed by atoms with Crippen molar-refractivity contribution >= 4 is 5.91 Å². The van der Waals surface area contributed by atoms with Gasteiger partial charge in [0, 0.05) is 19.6 Å². The molecule has 21 heavy (non-hydrogen) atoms. The van der Waals surface area contributed by atoms with Crippen molar-refractivity contribution in [1.29, 1.82) is 0 Å². The maximum Gasteiger partial charge on any atom is 0.226 e. The fraction of sp³-hybridized carbons (Fsp3) is 0.611. The summed E-state index contributed by atoms with van der Waals surface area (Å²) in [7, 11) is 0. The Morgan fingerprint density at radius 1 is 1.29 bits per heavy atom. The SMILES string of the molecule is CCCC(CN)C(=O)N1CCC(Cc2ccccc2)CC1. The van der Waals surface area contributed by atoms with Gasteiger partial charge < -0.3 is 10.6 Å². The highest BCUT2D eigenvalue weighted by atomic mass is 16.2. The molecule has 1 atom stereocenters. The van der Waals surface area contributed by atoms with E-state index in [0.29, 0.717) is 12.5 Å². The Kier molecular flexibility index (Phi) is 6.24. The number of hydrogen-bond donors (Lipinski definition) is 1. The van der Waals surface area contributed by atoms with Crippen molar-refractivity contribution in [3.8, 4) is 0 Å². The van der Waals surface area contributed by atoms with Gasteiger partial charge in [-0.2, -0.15) is 0 Å². The van der Waals surface area contributed by atoms with Gasteiger partial charge in [-0.3, -0.25) is 4.79 Å². The zero-order valence-electron chi connectivity index (χ0n) is 13.1. The Bertz CT molecular complexity index is 424. The monoisotopic (exact) mass is 288 g/mol. The van der Waals surface area contributed by atoms with Crippen LogP contribution in [0, 0.1) is 11.8 Å². The first kappa shape index (κ1) is 16.0. The Labute approximate surface area is 128 Å². The van der Waals surface area contributed by atoms with Gasteiger partial charge in [0.05, 0.1) is 5.92 Å². The average molecular weight is 288 g/mol. The molecule has 1 saturated heterocycles. The number of rotatable bonds is 6. The van der Waals surface area contributed by atoms with Crippen LogP contribution in [0.3, 0.4) is 0 Å². The molecule has 1 aliphatic heterocycles. The van der Waals surface area contributed by atoms with Crippen LogP contribution in [0.15, 0.2) is 30.3 Å². The van der Waals surface area contributed by atoms with E-state index in [2.05, 4.69) is 37.3 Å². The molecule has 0 radical (unpaired) electrons. The third-order valence-electron chi connectivity index (χ3n) is 4.56. The summed E-state index contributed by atoms with van der Waals surface area (Å²) in [5, 5.41) is 0. The molecule has 0 spiro atoms. The van der Waals surface area contributed by atoms with Crippen molar-refractivity contribution in [2.75, 3.05) is 19.6 Å². The van der Waals surface area contributed by atoms with Crippen molar-refractivity contribution in [2.45, 2.75) is 39.0 Å². The van der Waals surface area contributed by atoms with E-state index in [1.54, 1.807) is 0 Å². The lowest BCUT2D eigenvalue weighted by Gasteiger charge is -2.34. The quantitative estimate of drug-likeness (QED) is 0.875. The second-order valence-electron chi connectivity index (χ2n) is 6.18. The van der Waals surface area contributed by atoms with E-state index in [-0.39, 0.29) is 11.8 Å². The minimum absolute atomic E-state index is 0.0284. The number of likely N-dealkylation sites (tertiary alicyclic amines) is 1. The molecule has 0 aliphatic carbocycles. The molecule has 2 rings (SSSR count). The van der Waals surface area contributed by atoms with E-state index >= 15 is 0 Å². The summed E-state index contributed by atoms with van der Waals surface area (Å²) < 4.78 is 0. The minimum atomic E-state index is 0.0284. The smallest absolute Gasteiger partial charge is 0.226 e. The molecule has 1 fully saturated rings. The number of piperidine rings is 1. The molecular formula is C18H28N2O. The van der Waals surface area contributed by atoms with Gasteiger partial charge in [-0.05, 0) is 37.2 Å². The third-order valence-corrected chi connectivity index (χ3v) is 4.56. The molecular weight excluding hydrogens is 260 g/mol. The van der Waals surface area contributed by atoms with E-state index in [1.807, 2.05) is 4.90 Å². The van der Waals surface area contributed by atoms with Gasteiger partial charge in [0.2, 0.25) is 5.91 Å². The van der Waals surface area contributed by atoms with E-state index < -0.39 is 0 Å². The molecule has 116 valence electrons. The molecule has 1 aliphatic rings. The summed E-state index contributed by atoms with van der Waals surface area (Å²) in [6.45, 7) is 4.39. The maximum absolute atomic E-state index is 12.4. The number of carbonyl (C=O) groups is 1. The Morgan fingerprint density at radius 2 is 1.95 bits per heavy atom. The fourth-order valence-electron chi connectivity index (χ4n) is 3.25. The van der Waals surface area contributed by atoms with Crippen molar-refractivity contribution < 1.29 is 4.79 Å². The summed E-state index contributed by atoms with van der Waals surface area (Å²) in [5.41, 5.74) is 7.16. The predicted octanol–water partition coefficient (Wildman–Crippen LogP) is 2.84. The lowest BCUT2D eigenvalue weighted by molar-refractivity contribution is -0.136. The number of nitrogens with two attached hydrogens (primary N) is 1. The zero-order chi connectivity index (χ0) is 15.1. The molecule has 1 unspecified atom stereocenters. The largest absolute Gasteiger partial charge is 0.342 e. The van der Waals surface area contributed by atoms with Crippen LogP contribution >= 0.6 is 0 Å². The van der Waals surface area contributed by atoms with Crippen LogP contribution in [0.1, 0.15) is 38.2 Å². The van der Waals surface area contributed by atoms with Crippen LogP contribution < -0.4 is 5.73 Å². The first-order valence-electron chi connectivity index (χ1n) is 8.27. The molecule has 0 saturated carbocycles. The summed E-state index contributed by atoms with van der Waals surface area (Å²) in [6.07, 6.45) is 5.31. The highest BCUT2D eigenvalue weighted by Gasteiger charge is 2.27. The van der Waals surface area contributed by atoms with Gasteiger partial charge in [0.25, 0.3) is 0 Å². The summed E-state index contributed by atoms with van der Waals surface area (Å²) >= 11 is 0. The number of hydrogen-bond acceptors (Lipinski definition) is 2. The number of carbonyl (C=O) groups excluding carboxylic acids is 1. The van der Waals surface area contributed by atoms with Crippen LogP contribution in [0.4, 0.5) is 0 Å². The van der Waals surface area contributed by atoms with Crippen LogP contribution in [-0.4, -0.2) is 30.4 Å². The molecule has 1 heterocycles. The molecule has 2 N–H and O–H groups in total. The fourth-order valence-corrected chi connectivity index (χ4v) is 3.25. The normalized spacial score (nSPS) is 17.7. The molecule has 1 amide bonds. The Morgan fingerprint density at radius 3 is 2.52 bits per heavy atom. The van der Waals surface area contributed by atoms with Crippen LogP contribution in [-0.2, 0) is 11.2 Å². The number of nitrogens with zero attached hydrogens (tertiary/aromatic N) is 1. The predicted molar refractivity (Wildman–Crippen MR) is 86.9 cm³/mol. The minimum Gasteiger partial charge on any atom is -0.342 e. The number of benzene rings is 1. The van der Waals surface area contributed by atoms with Gasteiger partial charge in [0.1, 0.15) is 0 Å². The summed E-state index contributed by atoms with van der Waals surface area (Å²) in [4.78, 5) is 14.5. The van der Waals surface area contributed by atoms with Crippen LogP contribution in [0.25, 0.3) is 0 Å². The second-order valence-corrected chi connectivity index (χ2v) is 6.18.